The predicted molar refractivity (Wildman–Crippen MR) is 126 cm³/mol. The maximum Gasteiger partial charge on any atom is 0.243 e. The van der Waals surface area contributed by atoms with Crippen LogP contribution in [0.15, 0.2) is 83.8 Å². The lowest BCUT2D eigenvalue weighted by Crippen LogP contribution is -2.40. The molecule has 0 saturated carbocycles. The lowest BCUT2D eigenvalue weighted by Gasteiger charge is -2.26. The summed E-state index contributed by atoms with van der Waals surface area (Å²) in [6.07, 6.45) is 0. The number of carbonyl (C=O) groups is 1. The number of benzene rings is 3. The van der Waals surface area contributed by atoms with Crippen LogP contribution in [0.25, 0.3) is 0 Å². The summed E-state index contributed by atoms with van der Waals surface area (Å²) in [5.41, 5.74) is 1.18. The summed E-state index contributed by atoms with van der Waals surface area (Å²) in [5, 5.41) is 5.78. The summed E-state index contributed by atoms with van der Waals surface area (Å²) in [6, 6.07) is 23.0. The van der Waals surface area contributed by atoms with Crippen LogP contribution in [0.4, 0.5) is 11.4 Å². The van der Waals surface area contributed by atoms with Crippen LogP contribution in [0.1, 0.15) is 0 Å². The second-order valence-electron chi connectivity index (χ2n) is 7.39. The van der Waals surface area contributed by atoms with Gasteiger partial charge in [0.25, 0.3) is 0 Å². The van der Waals surface area contributed by atoms with Crippen LogP contribution in [0.3, 0.4) is 0 Å². The fourth-order valence-corrected chi connectivity index (χ4v) is 4.78. The van der Waals surface area contributed by atoms with E-state index in [0.717, 1.165) is 5.75 Å². The van der Waals surface area contributed by atoms with Gasteiger partial charge in [0, 0.05) is 24.5 Å². The summed E-state index contributed by atoms with van der Waals surface area (Å²) < 4.78 is 38.0. The zero-order valence-corrected chi connectivity index (χ0v) is 18.8. The van der Waals surface area contributed by atoms with Crippen molar-refractivity contribution in [2.24, 2.45) is 0 Å². The van der Waals surface area contributed by atoms with Crippen molar-refractivity contribution in [2.75, 3.05) is 43.5 Å². The maximum atomic E-state index is 12.8. The zero-order valence-electron chi connectivity index (χ0n) is 17.9. The molecule has 0 aromatic heterocycles. The van der Waals surface area contributed by atoms with E-state index in [4.69, 9.17) is 9.47 Å². The minimum absolute atomic E-state index is 0.0106. The smallest absolute Gasteiger partial charge is 0.243 e. The summed E-state index contributed by atoms with van der Waals surface area (Å²) in [6.45, 7) is 1.42. The van der Waals surface area contributed by atoms with Gasteiger partial charge in [-0.1, -0.05) is 24.3 Å². The van der Waals surface area contributed by atoms with Gasteiger partial charge in [-0.15, -0.1) is 0 Å². The third-order valence-electron chi connectivity index (χ3n) is 5.01. The Hall–Kier alpha value is -3.40. The van der Waals surface area contributed by atoms with Gasteiger partial charge in [-0.25, -0.2) is 8.42 Å². The van der Waals surface area contributed by atoms with E-state index >= 15 is 0 Å². The molecule has 33 heavy (non-hydrogen) atoms. The lowest BCUT2D eigenvalue weighted by atomic mass is 10.3. The van der Waals surface area contributed by atoms with Crippen LogP contribution < -0.4 is 15.4 Å². The number of rotatable bonds is 8. The number of morpholine rings is 1. The van der Waals surface area contributed by atoms with Crippen molar-refractivity contribution in [1.82, 2.24) is 4.31 Å². The van der Waals surface area contributed by atoms with Crippen molar-refractivity contribution in [3.05, 3.63) is 78.9 Å². The first-order valence-electron chi connectivity index (χ1n) is 10.6. The first-order chi connectivity index (χ1) is 16.0. The van der Waals surface area contributed by atoms with Crippen molar-refractivity contribution in [2.45, 2.75) is 4.90 Å². The number of amides is 1. The Bertz CT molecular complexity index is 1180. The highest BCUT2D eigenvalue weighted by molar-refractivity contribution is 7.89. The molecule has 1 aliphatic heterocycles. The topological polar surface area (TPSA) is 97.0 Å². The van der Waals surface area contributed by atoms with E-state index < -0.39 is 10.0 Å². The molecule has 9 heteroatoms. The number of hydrogen-bond donors (Lipinski definition) is 2. The van der Waals surface area contributed by atoms with Gasteiger partial charge >= 0.3 is 0 Å². The largest absolute Gasteiger partial charge is 0.457 e. The number of nitrogens with one attached hydrogen (secondary N) is 2. The number of para-hydroxylation sites is 1. The van der Waals surface area contributed by atoms with Gasteiger partial charge in [-0.05, 0) is 54.6 Å². The van der Waals surface area contributed by atoms with Gasteiger partial charge in [-0.2, -0.15) is 4.31 Å². The monoisotopic (exact) mass is 467 g/mol. The van der Waals surface area contributed by atoms with Gasteiger partial charge in [-0.3, -0.25) is 4.79 Å². The van der Waals surface area contributed by atoms with Gasteiger partial charge in [0.2, 0.25) is 15.9 Å². The predicted octanol–water partition coefficient (Wildman–Crippen LogP) is 3.55. The van der Waals surface area contributed by atoms with Crippen LogP contribution in [-0.4, -0.2) is 51.5 Å². The third-order valence-corrected chi connectivity index (χ3v) is 6.91. The zero-order chi connectivity index (χ0) is 23.1. The number of carbonyl (C=O) groups excluding carboxylic acids is 1. The van der Waals surface area contributed by atoms with Gasteiger partial charge in [0.15, 0.2) is 0 Å². The highest BCUT2D eigenvalue weighted by Crippen LogP contribution is 2.23. The molecule has 0 atom stereocenters. The molecule has 1 aliphatic rings. The molecule has 0 bridgehead atoms. The second-order valence-corrected chi connectivity index (χ2v) is 9.32. The lowest BCUT2D eigenvalue weighted by molar-refractivity contribution is -0.114. The Balaban J connectivity index is 1.31. The number of sulfonamides is 1. The maximum absolute atomic E-state index is 12.8. The Kier molecular flexibility index (Phi) is 7.23. The minimum atomic E-state index is -3.60. The Morgan fingerprint density at radius 2 is 1.58 bits per heavy atom. The molecule has 0 unspecified atom stereocenters. The first-order valence-corrected chi connectivity index (χ1v) is 12.0. The average Bonchev–Trinajstić information content (AvgIpc) is 2.85. The summed E-state index contributed by atoms with van der Waals surface area (Å²) in [7, 11) is -3.60. The number of anilines is 2. The molecule has 3 aromatic rings. The van der Waals surface area contributed by atoms with Crippen LogP contribution in [-0.2, 0) is 19.6 Å². The van der Waals surface area contributed by atoms with Crippen molar-refractivity contribution in [3.8, 4) is 11.5 Å². The molecular weight excluding hydrogens is 442 g/mol. The van der Waals surface area contributed by atoms with E-state index in [0.29, 0.717) is 43.4 Å². The molecule has 8 nitrogen and oxygen atoms in total. The molecule has 0 radical (unpaired) electrons. The van der Waals surface area contributed by atoms with Crippen molar-refractivity contribution in [3.63, 3.8) is 0 Å². The summed E-state index contributed by atoms with van der Waals surface area (Å²) in [5.74, 6) is 1.14. The molecule has 1 saturated heterocycles. The quantitative estimate of drug-likeness (QED) is 0.526. The molecule has 1 amide bonds. The third kappa shape index (κ3) is 6.10. The Morgan fingerprint density at radius 1 is 0.879 bits per heavy atom. The second kappa shape index (κ2) is 10.5. The number of ether oxygens (including phenoxy) is 2. The molecular formula is C24H25N3O5S. The fourth-order valence-electron chi connectivity index (χ4n) is 3.32. The molecule has 4 rings (SSSR count). The molecule has 1 fully saturated rings. The molecule has 2 N–H and O–H groups in total. The van der Waals surface area contributed by atoms with Gasteiger partial charge < -0.3 is 20.1 Å². The molecule has 172 valence electrons. The summed E-state index contributed by atoms with van der Waals surface area (Å²) >= 11 is 0. The molecule has 1 heterocycles. The molecule has 3 aromatic carbocycles. The fraction of sp³-hybridized carbons (Fsp3) is 0.208. The van der Waals surface area contributed by atoms with Crippen LogP contribution in [0, 0.1) is 0 Å². The van der Waals surface area contributed by atoms with Crippen molar-refractivity contribution >= 4 is 27.3 Å². The minimum Gasteiger partial charge on any atom is -0.457 e. The van der Waals surface area contributed by atoms with E-state index in [-0.39, 0.29) is 17.3 Å². The summed E-state index contributed by atoms with van der Waals surface area (Å²) in [4.78, 5) is 12.5. The number of nitrogens with zero attached hydrogens (tertiary/aromatic N) is 1. The number of hydrogen-bond acceptors (Lipinski definition) is 6. The highest BCUT2D eigenvalue weighted by Gasteiger charge is 2.26. The van der Waals surface area contributed by atoms with Crippen molar-refractivity contribution < 1.29 is 22.7 Å². The molecule has 0 spiro atoms. The van der Waals surface area contributed by atoms with Gasteiger partial charge in [0.1, 0.15) is 11.5 Å². The van der Waals surface area contributed by atoms with Crippen LogP contribution in [0.2, 0.25) is 0 Å². The highest BCUT2D eigenvalue weighted by atomic mass is 32.2. The van der Waals surface area contributed by atoms with E-state index in [9.17, 15) is 13.2 Å². The Morgan fingerprint density at radius 3 is 2.30 bits per heavy atom. The van der Waals surface area contributed by atoms with E-state index in [1.54, 1.807) is 42.5 Å². The molecule has 0 aliphatic carbocycles. The van der Waals surface area contributed by atoms with E-state index in [2.05, 4.69) is 10.6 Å². The van der Waals surface area contributed by atoms with Gasteiger partial charge in [0.05, 0.1) is 24.7 Å². The van der Waals surface area contributed by atoms with E-state index in [1.165, 1.54) is 10.4 Å². The van der Waals surface area contributed by atoms with Crippen LogP contribution in [0.5, 0.6) is 11.5 Å². The van der Waals surface area contributed by atoms with Crippen LogP contribution >= 0.6 is 0 Å². The normalized spacial score (nSPS) is 14.4. The van der Waals surface area contributed by atoms with E-state index in [1.807, 2.05) is 30.3 Å². The average molecular weight is 468 g/mol. The standard InChI is InChI=1S/C24H25N3O5S/c28-24(26-19-9-11-22(12-10-19)32-21-6-2-1-3-7-21)18-25-20-5-4-8-23(17-20)33(29,30)27-13-15-31-16-14-27/h1-12,17,25H,13-16,18H2,(H,26,28). The SMILES string of the molecule is O=C(CNc1cccc(S(=O)(=O)N2CCOCC2)c1)Nc1ccc(Oc2ccccc2)cc1. The first kappa shape index (κ1) is 22.8. The van der Waals surface area contributed by atoms with Crippen molar-refractivity contribution in [1.29, 1.82) is 0 Å². The Labute approximate surface area is 193 Å².